The Morgan fingerprint density at radius 1 is 1.04 bits per heavy atom. The van der Waals surface area contributed by atoms with E-state index in [9.17, 15) is 14.7 Å². The molecule has 0 saturated carbocycles. The summed E-state index contributed by atoms with van der Waals surface area (Å²) >= 11 is 0. The lowest BCUT2D eigenvalue weighted by molar-refractivity contribution is 0.429. The second-order valence-corrected chi connectivity index (χ2v) is 6.44. The van der Waals surface area contributed by atoms with Crippen LogP contribution in [0.15, 0.2) is 63.1 Å². The smallest absolute Gasteiger partial charge is 0.335 e. The Hall–Kier alpha value is -3.67. The highest BCUT2D eigenvalue weighted by molar-refractivity contribution is 6.31. The maximum Gasteiger partial charge on any atom is 0.335 e. The highest BCUT2D eigenvalue weighted by atomic mass is 16.3. The number of aromatic amines is 1. The van der Waals surface area contributed by atoms with E-state index in [4.69, 9.17) is 0 Å². The zero-order valence-corrected chi connectivity index (χ0v) is 14.9. The summed E-state index contributed by atoms with van der Waals surface area (Å²) in [5.74, 6) is -0.405. The Kier molecular flexibility index (Phi) is 3.88. The van der Waals surface area contributed by atoms with Gasteiger partial charge in [0.05, 0.1) is 11.4 Å². The Labute approximate surface area is 154 Å². The number of H-pyrrole nitrogens is 1. The molecule has 4 rings (SSSR count). The molecule has 0 spiro atoms. The minimum Gasteiger partial charge on any atom is -0.494 e. The highest BCUT2D eigenvalue weighted by Gasteiger charge is 2.20. The summed E-state index contributed by atoms with van der Waals surface area (Å²) in [5.41, 5.74) is 3.32. The fraction of sp³-hybridized carbons (Fsp3) is 0.0952. The first-order valence-electron chi connectivity index (χ1n) is 8.48. The second-order valence-electron chi connectivity index (χ2n) is 6.44. The highest BCUT2D eigenvalue weighted by Crippen LogP contribution is 2.36. The minimum atomic E-state index is -0.694. The molecule has 27 heavy (non-hydrogen) atoms. The van der Waals surface area contributed by atoms with Crippen LogP contribution in [-0.4, -0.2) is 20.4 Å². The lowest BCUT2D eigenvalue weighted by Crippen LogP contribution is -2.30. The molecule has 6 nitrogen and oxygen atoms in total. The fourth-order valence-electron chi connectivity index (χ4n) is 3.16. The van der Waals surface area contributed by atoms with Gasteiger partial charge in [-0.3, -0.25) is 14.8 Å². The number of hydrogen-bond acceptors (Lipinski definition) is 4. The molecule has 0 fully saturated rings. The molecule has 134 valence electrons. The average Bonchev–Trinajstić information content (AvgIpc) is 2.95. The largest absolute Gasteiger partial charge is 0.494 e. The van der Waals surface area contributed by atoms with Crippen LogP contribution in [0.4, 0.5) is 5.69 Å². The molecule has 6 heteroatoms. The van der Waals surface area contributed by atoms with Crippen molar-refractivity contribution >= 4 is 23.0 Å². The summed E-state index contributed by atoms with van der Waals surface area (Å²) in [5, 5.41) is 10.7. The summed E-state index contributed by atoms with van der Waals surface area (Å²) in [6, 6.07) is 14.6. The van der Waals surface area contributed by atoms with Crippen LogP contribution in [0.2, 0.25) is 0 Å². The van der Waals surface area contributed by atoms with Crippen LogP contribution >= 0.6 is 0 Å². The molecule has 0 radical (unpaired) electrons. The van der Waals surface area contributed by atoms with E-state index < -0.39 is 17.1 Å². The molecule has 0 aliphatic carbocycles. The van der Waals surface area contributed by atoms with E-state index in [1.807, 2.05) is 50.2 Å². The van der Waals surface area contributed by atoms with Crippen LogP contribution in [0.1, 0.15) is 23.6 Å². The van der Waals surface area contributed by atoms with Gasteiger partial charge < -0.3 is 5.11 Å². The summed E-state index contributed by atoms with van der Waals surface area (Å²) in [7, 11) is 0. The van der Waals surface area contributed by atoms with Crippen molar-refractivity contribution in [1.29, 1.82) is 0 Å². The lowest BCUT2D eigenvalue weighted by atomic mass is 10.0. The Bertz CT molecular complexity index is 1230. The number of nitrogens with zero attached hydrogens (tertiary/aromatic N) is 2. The molecule has 2 N–H and O–H groups in total. The summed E-state index contributed by atoms with van der Waals surface area (Å²) in [4.78, 5) is 31.5. The van der Waals surface area contributed by atoms with Crippen LogP contribution in [0, 0.1) is 6.92 Å². The average molecular weight is 359 g/mol. The molecule has 0 bridgehead atoms. The van der Waals surface area contributed by atoms with E-state index in [0.29, 0.717) is 5.69 Å². The lowest BCUT2D eigenvalue weighted by Gasteiger charge is -2.11. The van der Waals surface area contributed by atoms with E-state index in [1.54, 1.807) is 18.2 Å². The first kappa shape index (κ1) is 16.8. The van der Waals surface area contributed by atoms with Gasteiger partial charge in [0.2, 0.25) is 5.88 Å². The van der Waals surface area contributed by atoms with Crippen molar-refractivity contribution in [3.05, 3.63) is 86.1 Å². The SMILES string of the molecule is CC1=Nc2ccccc2C1=Cc1c(O)n(-c2ccc(C)cc2)c(=O)[nH]c1=O. The number of benzene rings is 2. The number of aromatic nitrogens is 2. The third-order valence-electron chi connectivity index (χ3n) is 4.57. The number of rotatable bonds is 2. The van der Waals surface area contributed by atoms with E-state index in [2.05, 4.69) is 9.98 Å². The monoisotopic (exact) mass is 359 g/mol. The van der Waals surface area contributed by atoms with Gasteiger partial charge in [-0.25, -0.2) is 9.36 Å². The van der Waals surface area contributed by atoms with Gasteiger partial charge in [0, 0.05) is 16.8 Å². The van der Waals surface area contributed by atoms with Gasteiger partial charge in [-0.15, -0.1) is 0 Å². The van der Waals surface area contributed by atoms with Gasteiger partial charge in [-0.05, 0) is 38.1 Å². The number of aryl methyl sites for hydroxylation is 1. The third-order valence-corrected chi connectivity index (χ3v) is 4.57. The predicted molar refractivity (Wildman–Crippen MR) is 106 cm³/mol. The van der Waals surface area contributed by atoms with Crippen molar-refractivity contribution in [2.75, 3.05) is 0 Å². The Morgan fingerprint density at radius 3 is 2.48 bits per heavy atom. The molecule has 0 saturated heterocycles. The molecular formula is C21H17N3O3. The van der Waals surface area contributed by atoms with E-state index in [1.165, 1.54) is 0 Å². The van der Waals surface area contributed by atoms with Crippen LogP contribution < -0.4 is 11.2 Å². The normalized spacial score (nSPS) is 14.3. The third kappa shape index (κ3) is 2.81. The predicted octanol–water partition coefficient (Wildman–Crippen LogP) is 3.19. The molecule has 1 aliphatic rings. The van der Waals surface area contributed by atoms with E-state index >= 15 is 0 Å². The minimum absolute atomic E-state index is 0.0106. The van der Waals surface area contributed by atoms with Crippen molar-refractivity contribution in [3.8, 4) is 11.6 Å². The molecule has 0 amide bonds. The number of hydrogen-bond donors (Lipinski definition) is 2. The molecule has 1 aliphatic heterocycles. The molecule has 0 atom stereocenters. The van der Waals surface area contributed by atoms with Gasteiger partial charge in [0.15, 0.2) is 0 Å². The van der Waals surface area contributed by atoms with Crippen molar-refractivity contribution < 1.29 is 5.11 Å². The van der Waals surface area contributed by atoms with Crippen LogP contribution in [0.3, 0.4) is 0 Å². The van der Waals surface area contributed by atoms with Crippen LogP contribution in [0.5, 0.6) is 5.88 Å². The van der Waals surface area contributed by atoms with Gasteiger partial charge in [-0.2, -0.15) is 0 Å². The van der Waals surface area contributed by atoms with Crippen molar-refractivity contribution in [3.63, 3.8) is 0 Å². The number of aliphatic imine (C=N–C) groups is 1. The van der Waals surface area contributed by atoms with Crippen molar-refractivity contribution in [1.82, 2.24) is 9.55 Å². The molecular weight excluding hydrogens is 342 g/mol. The van der Waals surface area contributed by atoms with Gasteiger partial charge in [-0.1, -0.05) is 35.9 Å². The maximum atomic E-state index is 12.4. The standard InChI is InChI=1S/C21H17N3O3/c1-12-7-9-14(10-8-12)24-20(26)17(19(25)23-21(24)27)11-16-13(2)22-18-6-4-3-5-15(16)18/h3-11,26H,1-2H3,(H,23,25,27). The van der Waals surface area contributed by atoms with Gasteiger partial charge in [0.25, 0.3) is 5.56 Å². The molecule has 1 aromatic heterocycles. The number of nitrogens with one attached hydrogen (secondary N) is 1. The Balaban J connectivity index is 1.94. The topological polar surface area (TPSA) is 87.4 Å². The summed E-state index contributed by atoms with van der Waals surface area (Å²) in [6.45, 7) is 3.77. The molecule has 2 heterocycles. The summed E-state index contributed by atoms with van der Waals surface area (Å²) < 4.78 is 1.08. The quantitative estimate of drug-likeness (QED) is 0.737. The maximum absolute atomic E-state index is 12.4. The fourth-order valence-corrected chi connectivity index (χ4v) is 3.16. The Morgan fingerprint density at radius 2 is 1.74 bits per heavy atom. The number of aromatic hydroxyl groups is 1. The zero-order valence-electron chi connectivity index (χ0n) is 14.9. The number of allylic oxidation sites excluding steroid dienone is 1. The first-order valence-corrected chi connectivity index (χ1v) is 8.48. The molecule has 3 aromatic rings. The van der Waals surface area contributed by atoms with Gasteiger partial charge in [0.1, 0.15) is 5.56 Å². The molecule has 0 unspecified atom stereocenters. The molecule has 2 aromatic carbocycles. The first-order chi connectivity index (χ1) is 13.0. The van der Waals surface area contributed by atoms with Crippen LogP contribution in [-0.2, 0) is 0 Å². The van der Waals surface area contributed by atoms with Gasteiger partial charge >= 0.3 is 5.69 Å². The van der Waals surface area contributed by atoms with E-state index in [-0.39, 0.29) is 5.56 Å². The second kappa shape index (κ2) is 6.25. The number of fused-ring (bicyclic) bond motifs is 1. The number of para-hydroxylation sites is 1. The summed E-state index contributed by atoms with van der Waals surface area (Å²) in [6.07, 6.45) is 1.57. The van der Waals surface area contributed by atoms with E-state index in [0.717, 1.165) is 32.7 Å². The zero-order chi connectivity index (χ0) is 19.1. The van der Waals surface area contributed by atoms with Crippen molar-refractivity contribution in [2.45, 2.75) is 13.8 Å². The van der Waals surface area contributed by atoms with Crippen LogP contribution in [0.25, 0.3) is 17.3 Å². The van der Waals surface area contributed by atoms with Crippen molar-refractivity contribution in [2.24, 2.45) is 4.99 Å².